The molecule has 0 spiro atoms. The van der Waals surface area contributed by atoms with Crippen LogP contribution in [0.1, 0.15) is 38.3 Å². The average molecular weight is 285 g/mol. The molecule has 0 saturated carbocycles. The zero-order valence-corrected chi connectivity index (χ0v) is 12.4. The first-order valence-electron chi connectivity index (χ1n) is 6.67. The van der Waals surface area contributed by atoms with E-state index in [1.807, 2.05) is 31.2 Å². The van der Waals surface area contributed by atoms with Crippen LogP contribution in [0.15, 0.2) is 24.3 Å². The second-order valence-electron chi connectivity index (χ2n) is 4.52. The van der Waals surface area contributed by atoms with E-state index in [0.29, 0.717) is 13.0 Å². The third-order valence-electron chi connectivity index (χ3n) is 3.06. The number of hydrogen-bond acceptors (Lipinski definition) is 4. The summed E-state index contributed by atoms with van der Waals surface area (Å²) in [5.41, 5.74) is 7.01. The Balaban J connectivity index is 2.38. The van der Waals surface area contributed by atoms with Crippen LogP contribution in [-0.2, 0) is 9.84 Å². The molecular formula is C14H23NO3S. The smallest absolute Gasteiger partial charge is 0.150 e. The fourth-order valence-corrected chi connectivity index (χ4v) is 2.51. The fourth-order valence-electron chi connectivity index (χ4n) is 1.66. The minimum Gasteiger partial charge on any atom is -0.494 e. The number of hydrogen-bond donors (Lipinski definition) is 1. The molecule has 0 aromatic heterocycles. The van der Waals surface area contributed by atoms with Gasteiger partial charge in [-0.1, -0.05) is 26.0 Å². The monoisotopic (exact) mass is 285 g/mol. The zero-order chi connectivity index (χ0) is 14.3. The molecule has 1 aromatic rings. The number of sulfone groups is 1. The van der Waals surface area contributed by atoms with Gasteiger partial charge in [0.2, 0.25) is 0 Å². The van der Waals surface area contributed by atoms with E-state index in [4.69, 9.17) is 10.5 Å². The molecule has 19 heavy (non-hydrogen) atoms. The molecule has 5 heteroatoms. The summed E-state index contributed by atoms with van der Waals surface area (Å²) in [5.74, 6) is 1.12. The van der Waals surface area contributed by atoms with Crippen molar-refractivity contribution >= 4 is 9.84 Å². The largest absolute Gasteiger partial charge is 0.494 e. The fraction of sp³-hybridized carbons (Fsp3) is 0.571. The molecule has 0 bridgehead atoms. The Morgan fingerprint density at radius 1 is 1.21 bits per heavy atom. The summed E-state index contributed by atoms with van der Waals surface area (Å²) >= 11 is 0. The number of benzene rings is 1. The molecule has 1 aromatic carbocycles. The van der Waals surface area contributed by atoms with Gasteiger partial charge in [-0.05, 0) is 30.5 Å². The quantitative estimate of drug-likeness (QED) is 0.744. The van der Waals surface area contributed by atoms with Gasteiger partial charge in [0.25, 0.3) is 0 Å². The van der Waals surface area contributed by atoms with Crippen molar-refractivity contribution in [3.8, 4) is 5.75 Å². The Morgan fingerprint density at radius 3 is 2.37 bits per heavy atom. The molecule has 0 heterocycles. The highest BCUT2D eigenvalue weighted by Crippen LogP contribution is 2.18. The molecule has 4 nitrogen and oxygen atoms in total. The van der Waals surface area contributed by atoms with Crippen LogP contribution < -0.4 is 10.5 Å². The normalized spacial score (nSPS) is 13.2. The van der Waals surface area contributed by atoms with Gasteiger partial charge in [-0.25, -0.2) is 8.42 Å². The van der Waals surface area contributed by atoms with Crippen molar-refractivity contribution in [1.29, 1.82) is 0 Å². The van der Waals surface area contributed by atoms with Crippen LogP contribution in [0.4, 0.5) is 0 Å². The van der Waals surface area contributed by atoms with Gasteiger partial charge in [0, 0.05) is 11.8 Å². The van der Waals surface area contributed by atoms with E-state index >= 15 is 0 Å². The van der Waals surface area contributed by atoms with Crippen molar-refractivity contribution in [1.82, 2.24) is 0 Å². The first kappa shape index (κ1) is 16.0. The minimum atomic E-state index is -2.89. The first-order chi connectivity index (χ1) is 8.98. The Morgan fingerprint density at radius 2 is 1.84 bits per heavy atom. The van der Waals surface area contributed by atoms with Gasteiger partial charge in [-0.3, -0.25) is 0 Å². The summed E-state index contributed by atoms with van der Waals surface area (Å²) in [6.07, 6.45) is 1.42. The molecule has 0 aliphatic carbocycles. The second kappa shape index (κ2) is 7.50. The van der Waals surface area contributed by atoms with Gasteiger partial charge >= 0.3 is 0 Å². The molecule has 0 fully saturated rings. The molecule has 0 aliphatic heterocycles. The lowest BCUT2D eigenvalue weighted by molar-refractivity contribution is 0.317. The summed E-state index contributed by atoms with van der Waals surface area (Å²) in [5, 5.41) is 0. The summed E-state index contributed by atoms with van der Waals surface area (Å²) < 4.78 is 28.1. The van der Waals surface area contributed by atoms with E-state index in [1.165, 1.54) is 0 Å². The van der Waals surface area contributed by atoms with Crippen LogP contribution in [0.25, 0.3) is 0 Å². The standard InChI is InChI=1S/C14H23NO3S/c1-3-14(15)12-6-8-13(9-7-12)18-10-5-11-19(16,17)4-2/h6-9,14H,3-5,10-11,15H2,1-2H3/t14-/m1/s1. The Bertz CT molecular complexity index is 468. The van der Waals surface area contributed by atoms with Gasteiger partial charge in [0.05, 0.1) is 12.4 Å². The SMILES string of the molecule is CC[C@@H](N)c1ccc(OCCCS(=O)(=O)CC)cc1. The topological polar surface area (TPSA) is 69.4 Å². The van der Waals surface area contributed by atoms with E-state index < -0.39 is 9.84 Å². The lowest BCUT2D eigenvalue weighted by Gasteiger charge is -2.10. The van der Waals surface area contributed by atoms with Crippen LogP contribution in [0.2, 0.25) is 0 Å². The van der Waals surface area contributed by atoms with Crippen molar-refractivity contribution in [2.75, 3.05) is 18.1 Å². The molecule has 108 valence electrons. The summed E-state index contributed by atoms with van der Waals surface area (Å²) in [6.45, 7) is 4.12. The minimum absolute atomic E-state index is 0.0590. The van der Waals surface area contributed by atoms with Crippen molar-refractivity contribution in [2.45, 2.75) is 32.7 Å². The van der Waals surface area contributed by atoms with Gasteiger partial charge in [-0.2, -0.15) is 0 Å². The molecule has 1 rings (SSSR count). The maximum absolute atomic E-state index is 11.3. The van der Waals surface area contributed by atoms with Crippen LogP contribution >= 0.6 is 0 Å². The first-order valence-corrected chi connectivity index (χ1v) is 8.49. The van der Waals surface area contributed by atoms with E-state index in [-0.39, 0.29) is 17.5 Å². The van der Waals surface area contributed by atoms with Crippen molar-refractivity contribution in [3.63, 3.8) is 0 Å². The van der Waals surface area contributed by atoms with E-state index in [0.717, 1.165) is 17.7 Å². The maximum atomic E-state index is 11.3. The Kier molecular flexibility index (Phi) is 6.31. The summed E-state index contributed by atoms with van der Waals surface area (Å²) in [4.78, 5) is 0. The summed E-state index contributed by atoms with van der Waals surface area (Å²) in [6, 6.07) is 7.71. The van der Waals surface area contributed by atoms with Gasteiger partial charge in [-0.15, -0.1) is 0 Å². The molecule has 0 unspecified atom stereocenters. The predicted octanol–water partition coefficient (Wildman–Crippen LogP) is 2.30. The molecule has 0 aliphatic rings. The van der Waals surface area contributed by atoms with E-state index in [2.05, 4.69) is 0 Å². The number of ether oxygens (including phenoxy) is 1. The third kappa shape index (κ3) is 5.61. The third-order valence-corrected chi connectivity index (χ3v) is 4.85. The lowest BCUT2D eigenvalue weighted by atomic mass is 10.1. The van der Waals surface area contributed by atoms with Crippen molar-refractivity contribution in [3.05, 3.63) is 29.8 Å². The maximum Gasteiger partial charge on any atom is 0.150 e. The zero-order valence-electron chi connectivity index (χ0n) is 11.6. The molecule has 0 saturated heterocycles. The molecule has 1 atom stereocenters. The second-order valence-corrected chi connectivity index (χ2v) is 6.99. The Hall–Kier alpha value is -1.07. The van der Waals surface area contributed by atoms with Gasteiger partial charge in [0.1, 0.15) is 15.6 Å². The molecule has 2 N–H and O–H groups in total. The summed E-state index contributed by atoms with van der Waals surface area (Å²) in [7, 11) is -2.89. The van der Waals surface area contributed by atoms with Crippen LogP contribution in [0, 0.1) is 0 Å². The van der Waals surface area contributed by atoms with Crippen LogP contribution in [0.3, 0.4) is 0 Å². The van der Waals surface area contributed by atoms with Gasteiger partial charge < -0.3 is 10.5 Å². The molecular weight excluding hydrogens is 262 g/mol. The molecule has 0 radical (unpaired) electrons. The predicted molar refractivity (Wildman–Crippen MR) is 78.1 cm³/mol. The highest BCUT2D eigenvalue weighted by atomic mass is 32.2. The van der Waals surface area contributed by atoms with Gasteiger partial charge in [0.15, 0.2) is 0 Å². The highest BCUT2D eigenvalue weighted by molar-refractivity contribution is 7.91. The van der Waals surface area contributed by atoms with Crippen molar-refractivity contribution in [2.24, 2.45) is 5.73 Å². The van der Waals surface area contributed by atoms with E-state index in [9.17, 15) is 8.42 Å². The number of nitrogens with two attached hydrogens (primary N) is 1. The van der Waals surface area contributed by atoms with Crippen LogP contribution in [0.5, 0.6) is 5.75 Å². The Labute approximate surface area is 115 Å². The number of rotatable bonds is 8. The highest BCUT2D eigenvalue weighted by Gasteiger charge is 2.07. The average Bonchev–Trinajstić information content (AvgIpc) is 2.43. The lowest BCUT2D eigenvalue weighted by Crippen LogP contribution is -2.12. The molecule has 0 amide bonds. The van der Waals surface area contributed by atoms with E-state index in [1.54, 1.807) is 6.92 Å². The van der Waals surface area contributed by atoms with Crippen LogP contribution in [-0.4, -0.2) is 26.5 Å². The van der Waals surface area contributed by atoms with Crippen molar-refractivity contribution < 1.29 is 13.2 Å².